The molecule has 0 amide bonds. The Hall–Kier alpha value is -6.96. The zero-order chi connectivity index (χ0) is 36.3. The van der Waals surface area contributed by atoms with Gasteiger partial charge in [-0.1, -0.05) is 188 Å². The average molecular weight is 701 g/mol. The second kappa shape index (κ2) is 12.9. The molecule has 1 aromatic heterocycles. The van der Waals surface area contributed by atoms with E-state index in [4.69, 9.17) is 4.42 Å². The van der Waals surface area contributed by atoms with E-state index in [2.05, 4.69) is 200 Å². The molecule has 11 rings (SSSR count). The van der Waals surface area contributed by atoms with Gasteiger partial charge in [0.2, 0.25) is 0 Å². The minimum absolute atomic E-state index is 0.0515. The van der Waals surface area contributed by atoms with Gasteiger partial charge in [-0.3, -0.25) is 0 Å². The molecule has 0 saturated carbocycles. The molecule has 9 aromatic carbocycles. The molecule has 0 bridgehead atoms. The largest absolute Gasteiger partial charge is 0.455 e. The fourth-order valence-electron chi connectivity index (χ4n) is 9.12. The van der Waals surface area contributed by atoms with Gasteiger partial charge >= 0.3 is 0 Å². The molecule has 0 N–H and O–H groups in total. The summed E-state index contributed by atoms with van der Waals surface area (Å²) in [7, 11) is 0. The van der Waals surface area contributed by atoms with Crippen molar-refractivity contribution in [3.63, 3.8) is 0 Å². The van der Waals surface area contributed by atoms with Crippen LogP contribution in [-0.2, 0) is 6.42 Å². The topological polar surface area (TPSA) is 13.1 Å². The predicted octanol–water partition coefficient (Wildman–Crippen LogP) is 14.5. The molecule has 1 heterocycles. The summed E-state index contributed by atoms with van der Waals surface area (Å²) >= 11 is 0. The van der Waals surface area contributed by atoms with Crippen LogP contribution in [0.1, 0.15) is 33.7 Å². The summed E-state index contributed by atoms with van der Waals surface area (Å²) in [5.41, 5.74) is 18.5. The third-order valence-electron chi connectivity index (χ3n) is 11.7. The van der Waals surface area contributed by atoms with Crippen LogP contribution in [0.4, 0.5) is 0 Å². The van der Waals surface area contributed by atoms with E-state index in [-0.39, 0.29) is 5.92 Å². The number of para-hydroxylation sites is 2. The maximum Gasteiger partial charge on any atom is 0.143 e. The lowest BCUT2D eigenvalue weighted by molar-refractivity contribution is 0.670. The van der Waals surface area contributed by atoms with Crippen LogP contribution in [-0.4, -0.2) is 0 Å². The average Bonchev–Trinajstić information content (AvgIpc) is 3.83. The van der Waals surface area contributed by atoms with Crippen LogP contribution in [0.15, 0.2) is 205 Å². The fourth-order valence-corrected chi connectivity index (χ4v) is 9.12. The Morgan fingerprint density at radius 3 is 1.62 bits per heavy atom. The molecule has 0 spiro atoms. The molecule has 1 heteroatoms. The summed E-state index contributed by atoms with van der Waals surface area (Å²) in [5, 5.41) is 4.81. The Morgan fingerprint density at radius 2 is 0.927 bits per heavy atom. The van der Waals surface area contributed by atoms with Gasteiger partial charge in [0.25, 0.3) is 0 Å². The maximum absolute atomic E-state index is 6.68. The molecule has 258 valence electrons. The van der Waals surface area contributed by atoms with Gasteiger partial charge < -0.3 is 4.42 Å². The minimum Gasteiger partial charge on any atom is -0.455 e. The number of benzene rings is 9. The van der Waals surface area contributed by atoms with Crippen molar-refractivity contribution in [3.8, 4) is 44.5 Å². The molecule has 0 saturated heterocycles. The lowest BCUT2D eigenvalue weighted by Crippen LogP contribution is -2.07. The maximum atomic E-state index is 6.68. The SMILES string of the molecule is c1ccc(-c2ccc(C(c3ccc(-c4ccccc4)cc3)c3cccc4c3Cc3c-4cc4ccccc4c3-c3cccc4c3oc3ccccc34)cc2)cc1. The van der Waals surface area contributed by atoms with Gasteiger partial charge in [0.1, 0.15) is 11.2 Å². The van der Waals surface area contributed by atoms with Gasteiger partial charge in [-0.2, -0.15) is 0 Å². The molecule has 0 unspecified atom stereocenters. The summed E-state index contributed by atoms with van der Waals surface area (Å²) < 4.78 is 6.68. The molecule has 0 atom stereocenters. The van der Waals surface area contributed by atoms with Crippen LogP contribution in [0.5, 0.6) is 0 Å². The van der Waals surface area contributed by atoms with E-state index >= 15 is 0 Å². The van der Waals surface area contributed by atoms with E-state index in [0.717, 1.165) is 33.9 Å². The monoisotopic (exact) mass is 700 g/mol. The molecule has 1 aliphatic carbocycles. The first-order chi connectivity index (χ1) is 27.3. The third kappa shape index (κ3) is 5.23. The van der Waals surface area contributed by atoms with Crippen LogP contribution in [0.3, 0.4) is 0 Å². The highest BCUT2D eigenvalue weighted by Crippen LogP contribution is 2.50. The van der Waals surface area contributed by atoms with E-state index in [1.165, 1.54) is 77.5 Å². The first-order valence-electron chi connectivity index (χ1n) is 19.2. The van der Waals surface area contributed by atoms with Crippen molar-refractivity contribution in [2.75, 3.05) is 0 Å². The van der Waals surface area contributed by atoms with Gasteiger partial charge in [0, 0.05) is 22.3 Å². The van der Waals surface area contributed by atoms with Crippen molar-refractivity contribution in [1.29, 1.82) is 0 Å². The molecule has 10 aromatic rings. The van der Waals surface area contributed by atoms with E-state index in [0.29, 0.717) is 0 Å². The highest BCUT2D eigenvalue weighted by atomic mass is 16.3. The molecule has 1 nitrogen and oxygen atoms in total. The number of hydrogen-bond acceptors (Lipinski definition) is 1. The fraction of sp³-hybridized carbons (Fsp3) is 0.0370. The van der Waals surface area contributed by atoms with Gasteiger partial charge in [0.05, 0.1) is 0 Å². The lowest BCUT2D eigenvalue weighted by atomic mass is 9.81. The summed E-state index contributed by atoms with van der Waals surface area (Å²) in [4.78, 5) is 0. The van der Waals surface area contributed by atoms with E-state index < -0.39 is 0 Å². The van der Waals surface area contributed by atoms with Crippen molar-refractivity contribution in [1.82, 2.24) is 0 Å². The van der Waals surface area contributed by atoms with E-state index in [9.17, 15) is 0 Å². The molecular formula is C54H36O. The number of hydrogen-bond donors (Lipinski definition) is 0. The van der Waals surface area contributed by atoms with Gasteiger partial charge in [-0.05, 0) is 96.1 Å². The first-order valence-corrected chi connectivity index (χ1v) is 19.2. The van der Waals surface area contributed by atoms with Crippen molar-refractivity contribution in [2.45, 2.75) is 12.3 Å². The number of fused-ring (bicyclic) bond motifs is 7. The second-order valence-electron chi connectivity index (χ2n) is 14.7. The quantitative estimate of drug-likeness (QED) is 0.157. The normalized spacial score (nSPS) is 12.1. The second-order valence-corrected chi connectivity index (χ2v) is 14.7. The Balaban J connectivity index is 1.10. The van der Waals surface area contributed by atoms with Crippen LogP contribution >= 0.6 is 0 Å². The highest BCUT2D eigenvalue weighted by molar-refractivity contribution is 6.14. The van der Waals surface area contributed by atoms with Crippen LogP contribution < -0.4 is 0 Å². The van der Waals surface area contributed by atoms with Crippen LogP contribution in [0.2, 0.25) is 0 Å². The van der Waals surface area contributed by atoms with Crippen molar-refractivity contribution >= 4 is 32.7 Å². The molecule has 0 fully saturated rings. The smallest absolute Gasteiger partial charge is 0.143 e. The van der Waals surface area contributed by atoms with Crippen molar-refractivity contribution in [3.05, 3.63) is 228 Å². The van der Waals surface area contributed by atoms with Gasteiger partial charge in [0.15, 0.2) is 0 Å². The summed E-state index contributed by atoms with van der Waals surface area (Å²) in [5.74, 6) is 0.0515. The molecular weight excluding hydrogens is 665 g/mol. The van der Waals surface area contributed by atoms with Crippen LogP contribution in [0, 0.1) is 0 Å². The Kier molecular flexibility index (Phi) is 7.38. The standard InChI is InChI=1S/C54H36O/c1-3-13-35(14-4-1)37-25-29-39(30-26-37)52(40-31-27-38(28-32-40)36-15-5-2-6-16-36)45-21-11-20-43-48-33-41-17-7-8-18-42(41)53(50(48)34-49(43)45)47-23-12-22-46-44-19-9-10-24-51(44)55-54(46)47/h1-33,52H,34H2. The predicted molar refractivity (Wildman–Crippen MR) is 230 cm³/mol. The first kappa shape index (κ1) is 31.6. The Bertz CT molecular complexity index is 2940. The number of furan rings is 1. The molecule has 0 aliphatic heterocycles. The molecule has 55 heavy (non-hydrogen) atoms. The molecule has 1 aliphatic rings. The van der Waals surface area contributed by atoms with E-state index in [1.54, 1.807) is 0 Å². The Morgan fingerprint density at radius 1 is 0.382 bits per heavy atom. The third-order valence-corrected chi connectivity index (χ3v) is 11.7. The molecule has 0 radical (unpaired) electrons. The lowest BCUT2D eigenvalue weighted by Gasteiger charge is -2.23. The minimum atomic E-state index is 0.0515. The Labute approximate surface area is 320 Å². The van der Waals surface area contributed by atoms with Crippen molar-refractivity contribution < 1.29 is 4.42 Å². The van der Waals surface area contributed by atoms with Gasteiger partial charge in [-0.25, -0.2) is 0 Å². The zero-order valence-electron chi connectivity index (χ0n) is 30.2. The summed E-state index contributed by atoms with van der Waals surface area (Å²) in [6.07, 6.45) is 0.846. The van der Waals surface area contributed by atoms with Crippen molar-refractivity contribution in [2.24, 2.45) is 0 Å². The van der Waals surface area contributed by atoms with Crippen LogP contribution in [0.25, 0.3) is 77.2 Å². The summed E-state index contributed by atoms with van der Waals surface area (Å²) in [6, 6.07) is 73.1. The zero-order valence-corrected chi connectivity index (χ0v) is 30.2. The summed E-state index contributed by atoms with van der Waals surface area (Å²) in [6.45, 7) is 0. The van der Waals surface area contributed by atoms with Gasteiger partial charge in [-0.15, -0.1) is 0 Å². The highest BCUT2D eigenvalue weighted by Gasteiger charge is 2.30. The van der Waals surface area contributed by atoms with E-state index in [1.807, 2.05) is 0 Å². The number of rotatable bonds is 6.